The maximum absolute atomic E-state index is 12.7. The van der Waals surface area contributed by atoms with Gasteiger partial charge in [0.05, 0.1) is 0 Å². The molecule has 1 aliphatic heterocycles. The Morgan fingerprint density at radius 1 is 1.00 bits per heavy atom. The molecule has 2 heterocycles. The van der Waals surface area contributed by atoms with Gasteiger partial charge in [-0.25, -0.2) is 0 Å². The van der Waals surface area contributed by atoms with Crippen molar-refractivity contribution in [1.82, 2.24) is 14.8 Å². The van der Waals surface area contributed by atoms with E-state index in [9.17, 15) is 9.59 Å². The number of hydrogen-bond donors (Lipinski definition) is 1. The number of amides is 2. The number of fused-ring (bicyclic) bond motifs is 1. The lowest BCUT2D eigenvalue weighted by atomic mass is 9.97. The highest BCUT2D eigenvalue weighted by Gasteiger charge is 2.29. The van der Waals surface area contributed by atoms with E-state index in [1.54, 1.807) is 12.3 Å². The first kappa shape index (κ1) is 15.9. The summed E-state index contributed by atoms with van der Waals surface area (Å²) in [4.78, 5) is 31.7. The predicted octanol–water partition coefficient (Wildman–Crippen LogP) is 2.42. The second-order valence-electron chi connectivity index (χ2n) is 6.90. The molecule has 2 aliphatic rings. The number of piperazine rings is 1. The van der Waals surface area contributed by atoms with Crippen molar-refractivity contribution in [3.63, 3.8) is 0 Å². The summed E-state index contributed by atoms with van der Waals surface area (Å²) in [6.45, 7) is 2.45. The lowest BCUT2D eigenvalue weighted by Crippen LogP contribution is -2.50. The number of nitrogens with one attached hydrogen (secondary N) is 1. The van der Waals surface area contributed by atoms with Gasteiger partial charge < -0.3 is 14.8 Å². The van der Waals surface area contributed by atoms with Crippen LogP contribution in [0.1, 0.15) is 40.4 Å². The van der Waals surface area contributed by atoms with Crippen molar-refractivity contribution < 1.29 is 9.59 Å². The van der Waals surface area contributed by atoms with Gasteiger partial charge >= 0.3 is 0 Å². The number of nitrogens with zero attached hydrogens (tertiary/aromatic N) is 2. The van der Waals surface area contributed by atoms with Crippen LogP contribution in [0.15, 0.2) is 42.6 Å². The Bertz CT molecular complexity index is 761. The number of carbonyl (C=O) groups is 2. The molecule has 1 aliphatic carbocycles. The molecule has 1 fully saturated rings. The maximum atomic E-state index is 12.7. The van der Waals surface area contributed by atoms with Crippen LogP contribution in [0.5, 0.6) is 0 Å². The van der Waals surface area contributed by atoms with E-state index in [4.69, 9.17) is 0 Å². The van der Waals surface area contributed by atoms with Crippen LogP contribution in [0.4, 0.5) is 0 Å². The third-order valence-corrected chi connectivity index (χ3v) is 5.43. The fraction of sp³-hybridized carbons (Fsp3) is 0.400. The SMILES string of the molecule is O=C(C[C@@H]1CCc2ccccc21)N1CCN(C(=O)c2ccc[nH]2)CC1. The van der Waals surface area contributed by atoms with E-state index in [2.05, 4.69) is 29.2 Å². The number of benzene rings is 1. The zero-order chi connectivity index (χ0) is 17.2. The topological polar surface area (TPSA) is 56.4 Å². The Morgan fingerprint density at radius 3 is 2.52 bits per heavy atom. The molecule has 0 saturated carbocycles. The number of rotatable bonds is 3. The molecule has 1 atom stereocenters. The van der Waals surface area contributed by atoms with Crippen LogP contribution < -0.4 is 0 Å². The summed E-state index contributed by atoms with van der Waals surface area (Å²) >= 11 is 0. The Morgan fingerprint density at radius 2 is 1.76 bits per heavy atom. The largest absolute Gasteiger partial charge is 0.357 e. The summed E-state index contributed by atoms with van der Waals surface area (Å²) in [6, 6.07) is 12.1. The molecule has 1 N–H and O–H groups in total. The second-order valence-corrected chi connectivity index (χ2v) is 6.90. The summed E-state index contributed by atoms with van der Waals surface area (Å²) in [6.07, 6.45) is 4.48. The molecule has 130 valence electrons. The van der Waals surface area contributed by atoms with Gasteiger partial charge in [-0.1, -0.05) is 24.3 Å². The number of hydrogen-bond acceptors (Lipinski definition) is 2. The standard InChI is InChI=1S/C20H23N3O2/c24-19(14-16-8-7-15-4-1-2-5-17(15)16)22-10-12-23(13-11-22)20(25)18-6-3-9-21-18/h1-6,9,16,21H,7-8,10-14H2/t16-/m0/s1. The highest BCUT2D eigenvalue weighted by atomic mass is 16.2. The molecule has 1 aromatic carbocycles. The lowest BCUT2D eigenvalue weighted by molar-refractivity contribution is -0.133. The van der Waals surface area contributed by atoms with Crippen LogP contribution in [0.3, 0.4) is 0 Å². The van der Waals surface area contributed by atoms with Gasteiger partial charge in [0, 0.05) is 38.8 Å². The second kappa shape index (κ2) is 6.75. The zero-order valence-electron chi connectivity index (χ0n) is 14.3. The van der Waals surface area contributed by atoms with Gasteiger partial charge in [-0.3, -0.25) is 9.59 Å². The van der Waals surface area contributed by atoms with Crippen molar-refractivity contribution in [2.45, 2.75) is 25.2 Å². The van der Waals surface area contributed by atoms with Crippen molar-refractivity contribution in [3.05, 3.63) is 59.4 Å². The van der Waals surface area contributed by atoms with E-state index in [0.29, 0.717) is 44.2 Å². The zero-order valence-corrected chi connectivity index (χ0v) is 14.3. The van der Waals surface area contributed by atoms with Crippen molar-refractivity contribution in [3.8, 4) is 0 Å². The molecular formula is C20H23N3O2. The van der Waals surface area contributed by atoms with E-state index in [-0.39, 0.29) is 11.8 Å². The van der Waals surface area contributed by atoms with Crippen molar-refractivity contribution in [2.24, 2.45) is 0 Å². The molecular weight excluding hydrogens is 314 g/mol. The summed E-state index contributed by atoms with van der Waals surface area (Å²) in [5, 5.41) is 0. The van der Waals surface area contributed by atoms with Gasteiger partial charge in [0.15, 0.2) is 0 Å². The van der Waals surface area contributed by atoms with Crippen LogP contribution in [-0.4, -0.2) is 52.8 Å². The minimum atomic E-state index is 0.0156. The number of aryl methyl sites for hydroxylation is 1. The van der Waals surface area contributed by atoms with E-state index < -0.39 is 0 Å². The highest BCUT2D eigenvalue weighted by Crippen LogP contribution is 2.35. The molecule has 4 rings (SSSR count). The Hall–Kier alpha value is -2.56. The molecule has 1 aromatic heterocycles. The number of aromatic nitrogens is 1. The maximum Gasteiger partial charge on any atom is 0.270 e. The van der Waals surface area contributed by atoms with Crippen LogP contribution in [0, 0.1) is 0 Å². The van der Waals surface area contributed by atoms with E-state index in [0.717, 1.165) is 12.8 Å². The van der Waals surface area contributed by atoms with E-state index in [1.165, 1.54) is 11.1 Å². The summed E-state index contributed by atoms with van der Waals surface area (Å²) in [7, 11) is 0. The van der Waals surface area contributed by atoms with Crippen LogP contribution in [0.2, 0.25) is 0 Å². The molecule has 2 aromatic rings. The Balaban J connectivity index is 1.32. The average molecular weight is 337 g/mol. The van der Waals surface area contributed by atoms with Gasteiger partial charge in [-0.2, -0.15) is 0 Å². The first-order valence-corrected chi connectivity index (χ1v) is 9.00. The number of aromatic amines is 1. The first-order valence-electron chi connectivity index (χ1n) is 9.00. The van der Waals surface area contributed by atoms with Gasteiger partial charge in [0.1, 0.15) is 5.69 Å². The lowest BCUT2D eigenvalue weighted by Gasteiger charge is -2.35. The van der Waals surface area contributed by atoms with Crippen LogP contribution in [-0.2, 0) is 11.2 Å². The minimum Gasteiger partial charge on any atom is -0.357 e. The monoisotopic (exact) mass is 337 g/mol. The molecule has 0 radical (unpaired) electrons. The molecule has 5 heteroatoms. The van der Waals surface area contributed by atoms with E-state index >= 15 is 0 Å². The molecule has 0 bridgehead atoms. The Kier molecular flexibility index (Phi) is 4.30. The molecule has 25 heavy (non-hydrogen) atoms. The van der Waals surface area contributed by atoms with Crippen molar-refractivity contribution >= 4 is 11.8 Å². The Labute approximate surface area is 147 Å². The van der Waals surface area contributed by atoms with Gasteiger partial charge in [-0.15, -0.1) is 0 Å². The van der Waals surface area contributed by atoms with Gasteiger partial charge in [0.25, 0.3) is 5.91 Å². The number of carbonyl (C=O) groups excluding carboxylic acids is 2. The summed E-state index contributed by atoms with van der Waals surface area (Å²) < 4.78 is 0. The molecule has 0 unspecified atom stereocenters. The first-order chi connectivity index (χ1) is 12.2. The third kappa shape index (κ3) is 3.18. The fourth-order valence-electron chi connectivity index (χ4n) is 3.99. The predicted molar refractivity (Wildman–Crippen MR) is 95.4 cm³/mol. The number of H-pyrrole nitrogens is 1. The van der Waals surface area contributed by atoms with E-state index in [1.807, 2.05) is 15.9 Å². The van der Waals surface area contributed by atoms with Gasteiger partial charge in [-0.05, 0) is 42.0 Å². The van der Waals surface area contributed by atoms with Gasteiger partial charge in [0.2, 0.25) is 5.91 Å². The smallest absolute Gasteiger partial charge is 0.270 e. The summed E-state index contributed by atoms with van der Waals surface area (Å²) in [5.74, 6) is 0.581. The van der Waals surface area contributed by atoms with Crippen LogP contribution >= 0.6 is 0 Å². The quantitative estimate of drug-likeness (QED) is 0.935. The molecule has 1 saturated heterocycles. The minimum absolute atomic E-state index is 0.0156. The summed E-state index contributed by atoms with van der Waals surface area (Å²) in [5.41, 5.74) is 3.35. The molecule has 0 spiro atoms. The molecule has 2 amide bonds. The van der Waals surface area contributed by atoms with Crippen molar-refractivity contribution in [2.75, 3.05) is 26.2 Å². The fourth-order valence-corrected chi connectivity index (χ4v) is 3.99. The average Bonchev–Trinajstić information content (AvgIpc) is 3.32. The van der Waals surface area contributed by atoms with Crippen LogP contribution in [0.25, 0.3) is 0 Å². The highest BCUT2D eigenvalue weighted by molar-refractivity contribution is 5.92. The molecule has 5 nitrogen and oxygen atoms in total. The third-order valence-electron chi connectivity index (χ3n) is 5.43. The normalized spacial score (nSPS) is 19.8. The van der Waals surface area contributed by atoms with Crippen molar-refractivity contribution in [1.29, 1.82) is 0 Å².